The highest BCUT2D eigenvalue weighted by Crippen LogP contribution is 2.25. The first-order valence-electron chi connectivity index (χ1n) is 11.3. The highest BCUT2D eigenvalue weighted by Gasteiger charge is 2.21. The van der Waals surface area contributed by atoms with Crippen molar-refractivity contribution in [3.63, 3.8) is 0 Å². The average molecular weight is 501 g/mol. The van der Waals surface area contributed by atoms with Gasteiger partial charge in [-0.05, 0) is 37.5 Å². The molecule has 3 aromatic heterocycles. The van der Waals surface area contributed by atoms with Crippen LogP contribution in [0.1, 0.15) is 34.8 Å². The first kappa shape index (κ1) is 25.2. The van der Waals surface area contributed by atoms with E-state index < -0.39 is 24.9 Å². The number of nitrogens with zero attached hydrogens (tertiary/aromatic N) is 4. The molecular weight excluding hydrogens is 476 g/mol. The molecule has 12 heteroatoms. The van der Waals surface area contributed by atoms with Crippen LogP contribution in [-0.2, 0) is 6.42 Å². The van der Waals surface area contributed by atoms with Crippen LogP contribution < -0.4 is 10.1 Å². The predicted molar refractivity (Wildman–Crippen MR) is 125 cm³/mol. The number of aromatic nitrogens is 4. The van der Waals surface area contributed by atoms with E-state index >= 15 is 0 Å². The van der Waals surface area contributed by atoms with E-state index in [4.69, 9.17) is 14.4 Å². The van der Waals surface area contributed by atoms with Gasteiger partial charge in [-0.1, -0.05) is 17.3 Å². The van der Waals surface area contributed by atoms with E-state index in [-0.39, 0.29) is 18.3 Å². The molecule has 0 unspecified atom stereocenters. The Morgan fingerprint density at radius 1 is 1.25 bits per heavy atom. The molecule has 4 aromatic rings. The van der Waals surface area contributed by atoms with Crippen molar-refractivity contribution in [3.05, 3.63) is 59.9 Å². The van der Waals surface area contributed by atoms with Gasteiger partial charge in [-0.25, -0.2) is 13.8 Å². The molecular formula is C24H25F2N5O5. The molecule has 0 bridgehead atoms. The molecule has 36 heavy (non-hydrogen) atoms. The summed E-state index contributed by atoms with van der Waals surface area (Å²) >= 11 is 0. The number of pyridine rings is 1. The van der Waals surface area contributed by atoms with Gasteiger partial charge in [-0.3, -0.25) is 9.20 Å². The number of hydrogen-bond donors (Lipinski definition) is 3. The van der Waals surface area contributed by atoms with Gasteiger partial charge in [0.15, 0.2) is 0 Å². The van der Waals surface area contributed by atoms with Crippen LogP contribution in [0.3, 0.4) is 0 Å². The van der Waals surface area contributed by atoms with Gasteiger partial charge in [-0.15, -0.1) is 0 Å². The number of benzene rings is 1. The molecule has 0 aliphatic carbocycles. The number of aliphatic hydroxyl groups is 2. The van der Waals surface area contributed by atoms with Crippen LogP contribution in [0.4, 0.5) is 14.5 Å². The van der Waals surface area contributed by atoms with Gasteiger partial charge in [0.2, 0.25) is 11.7 Å². The van der Waals surface area contributed by atoms with E-state index in [0.717, 1.165) is 12.0 Å². The second-order valence-electron chi connectivity index (χ2n) is 8.11. The van der Waals surface area contributed by atoms with Crippen molar-refractivity contribution in [2.24, 2.45) is 0 Å². The standard InChI is InChI=1S/C24H25F2N5O5/c1-14-4-5-15(23-29-21(36-30-23)12-19(33)22(25)26)10-17(14)28-24(34)18-13-27-20-11-16(6-7-31(18)20)35-9-3-2-8-32/h4-7,10-11,13,19,22,32-33H,2-3,8-9,12H2,1H3,(H,28,34)/t19-/m0/s1. The molecule has 0 saturated heterocycles. The van der Waals surface area contributed by atoms with E-state index in [2.05, 4.69) is 20.4 Å². The smallest absolute Gasteiger partial charge is 0.274 e. The van der Waals surface area contributed by atoms with Gasteiger partial charge < -0.3 is 24.8 Å². The van der Waals surface area contributed by atoms with Crippen molar-refractivity contribution < 1.29 is 33.0 Å². The number of alkyl halides is 2. The Hall–Kier alpha value is -3.90. The van der Waals surface area contributed by atoms with Crippen LogP contribution >= 0.6 is 0 Å². The lowest BCUT2D eigenvalue weighted by Gasteiger charge is -2.10. The summed E-state index contributed by atoms with van der Waals surface area (Å²) < 4.78 is 37.4. The quantitative estimate of drug-likeness (QED) is 0.267. The average Bonchev–Trinajstić information content (AvgIpc) is 3.50. The fourth-order valence-corrected chi connectivity index (χ4v) is 3.43. The van der Waals surface area contributed by atoms with E-state index in [1.165, 1.54) is 6.20 Å². The molecule has 3 heterocycles. The SMILES string of the molecule is Cc1ccc(-c2noc(C[C@H](O)C(F)F)n2)cc1NC(=O)c1cnc2cc(OCCCCO)ccn12. The lowest BCUT2D eigenvalue weighted by atomic mass is 10.1. The summed E-state index contributed by atoms with van der Waals surface area (Å²) in [4.78, 5) is 21.4. The summed E-state index contributed by atoms with van der Waals surface area (Å²) in [5.41, 5.74) is 2.62. The summed E-state index contributed by atoms with van der Waals surface area (Å²) in [5.74, 6) is 0.241. The van der Waals surface area contributed by atoms with E-state index in [9.17, 15) is 18.7 Å². The summed E-state index contributed by atoms with van der Waals surface area (Å²) in [7, 11) is 0. The number of unbranched alkanes of at least 4 members (excludes halogenated alkanes) is 1. The first-order valence-corrected chi connectivity index (χ1v) is 11.3. The number of aliphatic hydroxyl groups excluding tert-OH is 2. The van der Waals surface area contributed by atoms with Gasteiger partial charge in [0.05, 0.1) is 19.2 Å². The topological polar surface area (TPSA) is 135 Å². The number of hydrogen-bond acceptors (Lipinski definition) is 8. The minimum Gasteiger partial charge on any atom is -0.493 e. The summed E-state index contributed by atoms with van der Waals surface area (Å²) in [5, 5.41) is 24.8. The molecule has 0 spiro atoms. The van der Waals surface area contributed by atoms with Crippen LogP contribution in [0.25, 0.3) is 17.0 Å². The second-order valence-corrected chi connectivity index (χ2v) is 8.11. The van der Waals surface area contributed by atoms with Gasteiger partial charge in [0.1, 0.15) is 23.2 Å². The number of anilines is 1. The van der Waals surface area contributed by atoms with E-state index in [1.54, 1.807) is 40.9 Å². The molecule has 1 amide bonds. The molecule has 1 atom stereocenters. The number of imidazole rings is 1. The zero-order valence-electron chi connectivity index (χ0n) is 19.4. The largest absolute Gasteiger partial charge is 0.493 e. The Balaban J connectivity index is 1.48. The van der Waals surface area contributed by atoms with E-state index in [0.29, 0.717) is 41.4 Å². The third-order valence-corrected chi connectivity index (χ3v) is 5.43. The number of amides is 1. The normalized spacial score (nSPS) is 12.3. The lowest BCUT2D eigenvalue weighted by Crippen LogP contribution is -2.20. The second kappa shape index (κ2) is 11.2. The number of halogens is 2. The molecule has 190 valence electrons. The molecule has 0 fully saturated rings. The highest BCUT2D eigenvalue weighted by atomic mass is 19.3. The maximum absolute atomic E-state index is 13.0. The van der Waals surface area contributed by atoms with Crippen LogP contribution in [0, 0.1) is 6.92 Å². The van der Waals surface area contributed by atoms with Crippen molar-refractivity contribution in [1.29, 1.82) is 0 Å². The number of ether oxygens (including phenoxy) is 1. The fourth-order valence-electron chi connectivity index (χ4n) is 3.43. The minimum atomic E-state index is -2.92. The van der Waals surface area contributed by atoms with Gasteiger partial charge in [0, 0.05) is 30.1 Å². The number of fused-ring (bicyclic) bond motifs is 1. The number of carbonyl (C=O) groups is 1. The van der Waals surface area contributed by atoms with Gasteiger partial charge in [0.25, 0.3) is 12.3 Å². The number of aryl methyl sites for hydroxylation is 1. The Labute approximate surface area is 204 Å². The van der Waals surface area contributed by atoms with Crippen molar-refractivity contribution in [3.8, 4) is 17.1 Å². The van der Waals surface area contributed by atoms with Crippen molar-refractivity contribution in [2.75, 3.05) is 18.5 Å². The monoisotopic (exact) mass is 501 g/mol. The van der Waals surface area contributed by atoms with Crippen molar-refractivity contribution >= 4 is 17.2 Å². The minimum absolute atomic E-state index is 0.116. The zero-order chi connectivity index (χ0) is 25.7. The maximum Gasteiger partial charge on any atom is 0.274 e. The van der Waals surface area contributed by atoms with Crippen LogP contribution in [0.15, 0.2) is 47.2 Å². The van der Waals surface area contributed by atoms with Crippen molar-refractivity contribution in [1.82, 2.24) is 19.5 Å². The molecule has 0 aliphatic rings. The maximum atomic E-state index is 13.0. The Kier molecular flexibility index (Phi) is 7.86. The fraction of sp³-hybridized carbons (Fsp3) is 0.333. The molecule has 0 saturated carbocycles. The molecule has 3 N–H and O–H groups in total. The summed E-state index contributed by atoms with van der Waals surface area (Å²) in [6.45, 7) is 2.40. The highest BCUT2D eigenvalue weighted by molar-refractivity contribution is 6.04. The summed E-state index contributed by atoms with van der Waals surface area (Å²) in [6.07, 6.45) is -0.751. The molecule has 0 radical (unpaired) electrons. The number of nitrogens with one attached hydrogen (secondary N) is 1. The zero-order valence-corrected chi connectivity index (χ0v) is 19.4. The third kappa shape index (κ3) is 5.83. The Bertz CT molecular complexity index is 1340. The molecule has 0 aliphatic heterocycles. The van der Waals surface area contributed by atoms with Gasteiger partial charge in [-0.2, -0.15) is 4.98 Å². The lowest BCUT2D eigenvalue weighted by molar-refractivity contribution is -0.00754. The van der Waals surface area contributed by atoms with Crippen LogP contribution in [0.2, 0.25) is 0 Å². The Morgan fingerprint density at radius 3 is 2.86 bits per heavy atom. The van der Waals surface area contributed by atoms with E-state index in [1.807, 2.05) is 6.92 Å². The number of rotatable bonds is 11. The first-order chi connectivity index (χ1) is 17.4. The predicted octanol–water partition coefficient (Wildman–Crippen LogP) is 3.26. The van der Waals surface area contributed by atoms with Crippen LogP contribution in [-0.4, -0.2) is 61.4 Å². The van der Waals surface area contributed by atoms with Crippen molar-refractivity contribution in [2.45, 2.75) is 38.7 Å². The number of carbonyl (C=O) groups excluding carboxylic acids is 1. The molecule has 4 rings (SSSR count). The summed E-state index contributed by atoms with van der Waals surface area (Å²) in [6, 6.07) is 8.56. The third-order valence-electron chi connectivity index (χ3n) is 5.43. The van der Waals surface area contributed by atoms with Crippen LogP contribution in [0.5, 0.6) is 5.75 Å². The van der Waals surface area contributed by atoms with Gasteiger partial charge >= 0.3 is 0 Å². The Morgan fingerprint density at radius 2 is 2.08 bits per heavy atom. The molecule has 1 aromatic carbocycles. The molecule has 10 nitrogen and oxygen atoms in total.